The molecule has 0 bridgehead atoms. The first kappa shape index (κ1) is 14.1. The van der Waals surface area contributed by atoms with E-state index in [2.05, 4.69) is 22.0 Å². The summed E-state index contributed by atoms with van der Waals surface area (Å²) in [5, 5.41) is 3.74. The summed E-state index contributed by atoms with van der Waals surface area (Å²) in [6.45, 7) is 0. The van der Waals surface area contributed by atoms with Gasteiger partial charge < -0.3 is 5.32 Å². The number of nitrogens with zero attached hydrogens (tertiary/aromatic N) is 2. The van der Waals surface area contributed by atoms with Gasteiger partial charge in [0.25, 0.3) is 0 Å². The summed E-state index contributed by atoms with van der Waals surface area (Å²) in [6.07, 6.45) is 8.55. The van der Waals surface area contributed by atoms with Crippen LogP contribution in [-0.2, 0) is 0 Å². The fraction of sp³-hybridized carbons (Fsp3) is 0.353. The van der Waals surface area contributed by atoms with Gasteiger partial charge in [-0.05, 0) is 37.1 Å². The van der Waals surface area contributed by atoms with E-state index in [0.29, 0.717) is 6.04 Å². The summed E-state index contributed by atoms with van der Waals surface area (Å²) in [7, 11) is 0. The number of thiophene rings is 1. The van der Waals surface area contributed by atoms with Crippen LogP contribution in [-0.4, -0.2) is 15.4 Å². The summed E-state index contributed by atoms with van der Waals surface area (Å²) in [4.78, 5) is 5.93. The van der Waals surface area contributed by atoms with E-state index in [-0.39, 0.29) is 0 Å². The number of anilines is 1. The SMILES string of the molecule is Clc1ccc(-c2nc3ccccn3c2NC2CCCCC2)s1. The summed E-state index contributed by atoms with van der Waals surface area (Å²) >= 11 is 7.70. The largest absolute Gasteiger partial charge is 0.367 e. The molecule has 0 spiro atoms. The zero-order chi connectivity index (χ0) is 14.9. The minimum Gasteiger partial charge on any atom is -0.367 e. The molecule has 4 rings (SSSR count). The molecule has 3 aromatic heterocycles. The van der Waals surface area contributed by atoms with E-state index in [1.54, 1.807) is 11.3 Å². The lowest BCUT2D eigenvalue weighted by Gasteiger charge is -2.24. The number of rotatable bonds is 3. The minimum atomic E-state index is 0.544. The van der Waals surface area contributed by atoms with Gasteiger partial charge >= 0.3 is 0 Å². The number of hydrogen-bond donors (Lipinski definition) is 1. The Morgan fingerprint density at radius 3 is 2.77 bits per heavy atom. The van der Waals surface area contributed by atoms with Crippen molar-refractivity contribution >= 4 is 34.4 Å². The molecule has 0 saturated heterocycles. The third kappa shape index (κ3) is 2.61. The van der Waals surface area contributed by atoms with Crippen molar-refractivity contribution in [2.45, 2.75) is 38.1 Å². The van der Waals surface area contributed by atoms with Gasteiger partial charge in [-0.3, -0.25) is 4.40 Å². The van der Waals surface area contributed by atoms with Crippen molar-refractivity contribution in [1.29, 1.82) is 0 Å². The summed E-state index contributed by atoms with van der Waals surface area (Å²) in [6, 6.07) is 10.7. The molecule has 0 atom stereocenters. The monoisotopic (exact) mass is 331 g/mol. The van der Waals surface area contributed by atoms with Gasteiger partial charge in [0, 0.05) is 12.2 Å². The second-order valence-electron chi connectivity index (χ2n) is 5.82. The zero-order valence-corrected chi connectivity index (χ0v) is 13.8. The maximum Gasteiger partial charge on any atom is 0.139 e. The van der Waals surface area contributed by atoms with E-state index in [4.69, 9.17) is 16.6 Å². The van der Waals surface area contributed by atoms with Crippen LogP contribution in [0.4, 0.5) is 5.82 Å². The predicted octanol–water partition coefficient (Wildman–Crippen LogP) is 5.46. The van der Waals surface area contributed by atoms with Crippen molar-refractivity contribution < 1.29 is 0 Å². The highest BCUT2D eigenvalue weighted by Gasteiger charge is 2.20. The number of halogens is 1. The van der Waals surface area contributed by atoms with Crippen molar-refractivity contribution in [2.24, 2.45) is 0 Å². The number of aromatic nitrogens is 2. The van der Waals surface area contributed by atoms with E-state index in [0.717, 1.165) is 26.4 Å². The Labute approximate surface area is 139 Å². The topological polar surface area (TPSA) is 29.3 Å². The van der Waals surface area contributed by atoms with Crippen LogP contribution in [0.5, 0.6) is 0 Å². The lowest BCUT2D eigenvalue weighted by Crippen LogP contribution is -2.23. The Balaban J connectivity index is 1.79. The molecular weight excluding hydrogens is 314 g/mol. The molecule has 0 unspecified atom stereocenters. The lowest BCUT2D eigenvalue weighted by atomic mass is 9.95. The molecule has 0 aromatic carbocycles. The first-order valence-electron chi connectivity index (χ1n) is 7.80. The van der Waals surface area contributed by atoms with Crippen LogP contribution in [0, 0.1) is 0 Å². The molecule has 1 aliphatic rings. The highest BCUT2D eigenvalue weighted by Crippen LogP contribution is 2.36. The molecule has 5 heteroatoms. The summed E-state index contributed by atoms with van der Waals surface area (Å²) in [5.74, 6) is 1.10. The van der Waals surface area contributed by atoms with Crippen LogP contribution < -0.4 is 5.32 Å². The average molecular weight is 332 g/mol. The van der Waals surface area contributed by atoms with Crippen molar-refractivity contribution in [3.05, 3.63) is 40.9 Å². The lowest BCUT2D eigenvalue weighted by molar-refractivity contribution is 0.462. The van der Waals surface area contributed by atoms with Gasteiger partial charge in [0.1, 0.15) is 17.2 Å². The van der Waals surface area contributed by atoms with E-state index >= 15 is 0 Å². The molecule has 3 nitrogen and oxygen atoms in total. The van der Waals surface area contributed by atoms with Crippen LogP contribution in [0.1, 0.15) is 32.1 Å². The van der Waals surface area contributed by atoms with Gasteiger partial charge in [0.05, 0.1) is 9.21 Å². The minimum absolute atomic E-state index is 0.544. The van der Waals surface area contributed by atoms with Gasteiger partial charge in [-0.1, -0.05) is 36.9 Å². The highest BCUT2D eigenvalue weighted by atomic mass is 35.5. The van der Waals surface area contributed by atoms with Crippen molar-refractivity contribution in [3.63, 3.8) is 0 Å². The van der Waals surface area contributed by atoms with Crippen LogP contribution in [0.15, 0.2) is 36.5 Å². The fourth-order valence-electron chi connectivity index (χ4n) is 3.19. The number of hydrogen-bond acceptors (Lipinski definition) is 3. The van der Waals surface area contributed by atoms with Gasteiger partial charge in [0.15, 0.2) is 0 Å². The number of imidazole rings is 1. The Morgan fingerprint density at radius 2 is 2.00 bits per heavy atom. The molecular formula is C17H18ClN3S. The number of pyridine rings is 1. The molecule has 0 radical (unpaired) electrons. The Hall–Kier alpha value is -1.52. The molecule has 1 N–H and O–H groups in total. The molecule has 0 aliphatic heterocycles. The van der Waals surface area contributed by atoms with E-state index in [9.17, 15) is 0 Å². The molecule has 0 amide bonds. The standard InChI is InChI=1S/C17H18ClN3S/c18-14-10-9-13(22-14)16-17(19-12-6-2-1-3-7-12)21-11-5-4-8-15(21)20-16/h4-5,8-12,19H,1-3,6-7H2. The van der Waals surface area contributed by atoms with Crippen LogP contribution in [0.2, 0.25) is 4.34 Å². The van der Waals surface area contributed by atoms with Gasteiger partial charge in [-0.15, -0.1) is 11.3 Å². The maximum absolute atomic E-state index is 6.12. The van der Waals surface area contributed by atoms with Gasteiger partial charge in [0.2, 0.25) is 0 Å². The van der Waals surface area contributed by atoms with Crippen LogP contribution in [0.25, 0.3) is 16.2 Å². The highest BCUT2D eigenvalue weighted by molar-refractivity contribution is 7.19. The normalized spacial score (nSPS) is 16.2. The fourth-order valence-corrected chi connectivity index (χ4v) is 4.22. The van der Waals surface area contributed by atoms with Crippen molar-refractivity contribution in [1.82, 2.24) is 9.38 Å². The van der Waals surface area contributed by atoms with E-state index in [1.807, 2.05) is 24.3 Å². The second kappa shape index (κ2) is 5.94. The number of fused-ring (bicyclic) bond motifs is 1. The van der Waals surface area contributed by atoms with Gasteiger partial charge in [-0.2, -0.15) is 0 Å². The molecule has 3 aromatic rings. The average Bonchev–Trinajstić information content (AvgIpc) is 3.13. The smallest absolute Gasteiger partial charge is 0.139 e. The Morgan fingerprint density at radius 1 is 1.14 bits per heavy atom. The summed E-state index contributed by atoms with van der Waals surface area (Å²) in [5.41, 5.74) is 1.98. The van der Waals surface area contributed by atoms with Gasteiger partial charge in [-0.25, -0.2) is 4.98 Å². The van der Waals surface area contributed by atoms with E-state index in [1.165, 1.54) is 32.1 Å². The van der Waals surface area contributed by atoms with Crippen LogP contribution in [0.3, 0.4) is 0 Å². The van der Waals surface area contributed by atoms with Crippen molar-refractivity contribution in [2.75, 3.05) is 5.32 Å². The molecule has 3 heterocycles. The Bertz CT molecular complexity index is 786. The first-order valence-corrected chi connectivity index (χ1v) is 9.00. The Kier molecular flexibility index (Phi) is 3.80. The summed E-state index contributed by atoms with van der Waals surface area (Å²) < 4.78 is 2.95. The molecule has 22 heavy (non-hydrogen) atoms. The van der Waals surface area contributed by atoms with Crippen molar-refractivity contribution in [3.8, 4) is 10.6 Å². The maximum atomic E-state index is 6.12. The predicted molar refractivity (Wildman–Crippen MR) is 94.0 cm³/mol. The molecule has 114 valence electrons. The third-order valence-corrected chi connectivity index (χ3v) is 5.52. The first-order chi connectivity index (χ1) is 10.8. The van der Waals surface area contributed by atoms with E-state index < -0.39 is 0 Å². The quantitative estimate of drug-likeness (QED) is 0.690. The second-order valence-corrected chi connectivity index (χ2v) is 7.54. The number of nitrogens with one attached hydrogen (secondary N) is 1. The molecule has 1 aliphatic carbocycles. The molecule has 1 saturated carbocycles. The molecule has 1 fully saturated rings. The third-order valence-electron chi connectivity index (χ3n) is 4.28. The zero-order valence-electron chi connectivity index (χ0n) is 12.3. The van der Waals surface area contributed by atoms with Crippen LogP contribution >= 0.6 is 22.9 Å².